The Morgan fingerprint density at radius 3 is 2.57 bits per heavy atom. The number of ether oxygens (including phenoxy) is 2. The van der Waals surface area contributed by atoms with Gasteiger partial charge in [0, 0.05) is 4.88 Å². The number of rotatable bonds is 5. The number of aryl methyl sites for hydroxylation is 1. The zero-order valence-electron chi connectivity index (χ0n) is 13.6. The fourth-order valence-electron chi connectivity index (χ4n) is 2.17. The van der Waals surface area contributed by atoms with E-state index in [9.17, 15) is 9.59 Å². The van der Waals surface area contributed by atoms with E-state index in [1.54, 1.807) is 31.2 Å². The van der Waals surface area contributed by atoms with E-state index in [-0.39, 0.29) is 12.5 Å². The van der Waals surface area contributed by atoms with Crippen molar-refractivity contribution in [1.29, 1.82) is 0 Å². The Labute approximate surface area is 139 Å². The smallest absolute Gasteiger partial charge is 0.341 e. The van der Waals surface area contributed by atoms with Crippen LogP contribution in [0.15, 0.2) is 24.3 Å². The first-order chi connectivity index (χ1) is 11.0. The highest BCUT2D eigenvalue weighted by Gasteiger charge is 2.23. The maximum atomic E-state index is 12.5. The Kier molecular flexibility index (Phi) is 5.39. The summed E-state index contributed by atoms with van der Waals surface area (Å²) in [6.07, 6.45) is 0. The fourth-order valence-corrected chi connectivity index (χ4v) is 3.21. The normalized spacial score (nSPS) is 10.3. The van der Waals surface area contributed by atoms with Crippen molar-refractivity contribution in [3.63, 3.8) is 0 Å². The Morgan fingerprint density at radius 2 is 1.91 bits per heavy atom. The zero-order chi connectivity index (χ0) is 17.0. The molecule has 0 saturated heterocycles. The van der Waals surface area contributed by atoms with Crippen molar-refractivity contribution < 1.29 is 19.1 Å². The molecule has 1 aromatic carbocycles. The molecule has 6 heteroatoms. The zero-order valence-corrected chi connectivity index (χ0v) is 14.4. The predicted molar refractivity (Wildman–Crippen MR) is 90.7 cm³/mol. The number of methoxy groups -OCH3 is 1. The minimum absolute atomic E-state index is 0.285. The molecule has 0 saturated carbocycles. The van der Waals surface area contributed by atoms with Gasteiger partial charge in [-0.25, -0.2) is 4.79 Å². The number of para-hydroxylation sites is 1. The number of carbonyl (C=O) groups excluding carboxylic acids is 2. The molecule has 2 aromatic rings. The van der Waals surface area contributed by atoms with Crippen molar-refractivity contribution in [2.24, 2.45) is 0 Å². The highest BCUT2D eigenvalue weighted by molar-refractivity contribution is 7.16. The lowest BCUT2D eigenvalue weighted by Gasteiger charge is -2.09. The Morgan fingerprint density at radius 1 is 1.22 bits per heavy atom. The molecular formula is C17H19NO4S. The third-order valence-electron chi connectivity index (χ3n) is 3.44. The number of carbonyl (C=O) groups is 2. The van der Waals surface area contributed by atoms with Gasteiger partial charge in [0.25, 0.3) is 5.91 Å². The van der Waals surface area contributed by atoms with Gasteiger partial charge in [0.05, 0.1) is 24.8 Å². The molecule has 0 aliphatic heterocycles. The number of nitrogens with one attached hydrogen (secondary N) is 1. The van der Waals surface area contributed by atoms with E-state index in [1.165, 1.54) is 18.4 Å². The third-order valence-corrected chi connectivity index (χ3v) is 4.57. The van der Waals surface area contributed by atoms with Crippen LogP contribution in [-0.2, 0) is 4.74 Å². The lowest BCUT2D eigenvalue weighted by atomic mass is 10.1. The number of hydrogen-bond donors (Lipinski definition) is 1. The predicted octanol–water partition coefficient (Wildman–Crippen LogP) is 3.80. The van der Waals surface area contributed by atoms with Crippen LogP contribution < -0.4 is 10.1 Å². The van der Waals surface area contributed by atoms with Crippen molar-refractivity contribution in [2.45, 2.75) is 20.8 Å². The van der Waals surface area contributed by atoms with Gasteiger partial charge in [0.1, 0.15) is 10.8 Å². The molecule has 1 aromatic heterocycles. The second kappa shape index (κ2) is 7.28. The summed E-state index contributed by atoms with van der Waals surface area (Å²) in [5.41, 5.74) is 1.65. The number of anilines is 1. The van der Waals surface area contributed by atoms with E-state index >= 15 is 0 Å². The van der Waals surface area contributed by atoms with Crippen molar-refractivity contribution >= 4 is 28.2 Å². The fraction of sp³-hybridized carbons (Fsp3) is 0.294. The van der Waals surface area contributed by atoms with Crippen LogP contribution in [0.3, 0.4) is 0 Å². The summed E-state index contributed by atoms with van der Waals surface area (Å²) < 4.78 is 10.3. The minimum atomic E-state index is -0.426. The molecule has 122 valence electrons. The van der Waals surface area contributed by atoms with Crippen LogP contribution in [-0.4, -0.2) is 25.6 Å². The first kappa shape index (κ1) is 17.0. The number of amides is 1. The van der Waals surface area contributed by atoms with Crippen molar-refractivity contribution in [3.8, 4) is 5.75 Å². The van der Waals surface area contributed by atoms with Gasteiger partial charge in [-0.05, 0) is 38.5 Å². The minimum Gasteiger partial charge on any atom is -0.496 e. The van der Waals surface area contributed by atoms with Crippen LogP contribution in [0.25, 0.3) is 0 Å². The SMILES string of the molecule is CCOC(=O)c1c(NC(=O)c2ccccc2OC)sc(C)c1C. The quantitative estimate of drug-likeness (QED) is 0.845. The molecule has 0 bridgehead atoms. The summed E-state index contributed by atoms with van der Waals surface area (Å²) >= 11 is 1.36. The molecule has 0 radical (unpaired) electrons. The van der Waals surface area contributed by atoms with Crippen LogP contribution in [0, 0.1) is 13.8 Å². The molecule has 0 aliphatic carbocycles. The van der Waals surface area contributed by atoms with E-state index in [0.29, 0.717) is 21.9 Å². The maximum absolute atomic E-state index is 12.5. The molecule has 5 nitrogen and oxygen atoms in total. The largest absolute Gasteiger partial charge is 0.496 e. The lowest BCUT2D eigenvalue weighted by molar-refractivity contribution is 0.0527. The average molecular weight is 333 g/mol. The highest BCUT2D eigenvalue weighted by Crippen LogP contribution is 2.33. The van der Waals surface area contributed by atoms with Gasteiger partial charge < -0.3 is 14.8 Å². The third kappa shape index (κ3) is 3.53. The summed E-state index contributed by atoms with van der Waals surface area (Å²) in [7, 11) is 1.51. The van der Waals surface area contributed by atoms with Gasteiger partial charge >= 0.3 is 5.97 Å². The van der Waals surface area contributed by atoms with Crippen LogP contribution in [0.1, 0.15) is 38.1 Å². The molecule has 0 aliphatic rings. The molecule has 0 fully saturated rings. The molecule has 0 unspecified atom stereocenters. The topological polar surface area (TPSA) is 64.6 Å². The van der Waals surface area contributed by atoms with Crippen molar-refractivity contribution in [1.82, 2.24) is 0 Å². The van der Waals surface area contributed by atoms with Gasteiger partial charge in [-0.2, -0.15) is 0 Å². The molecule has 1 amide bonds. The van der Waals surface area contributed by atoms with Crippen LogP contribution in [0.2, 0.25) is 0 Å². The summed E-state index contributed by atoms with van der Waals surface area (Å²) in [4.78, 5) is 25.6. The van der Waals surface area contributed by atoms with E-state index in [4.69, 9.17) is 9.47 Å². The second-order valence-electron chi connectivity index (χ2n) is 4.86. The van der Waals surface area contributed by atoms with Gasteiger partial charge in [0.15, 0.2) is 0 Å². The van der Waals surface area contributed by atoms with Crippen LogP contribution >= 0.6 is 11.3 Å². The van der Waals surface area contributed by atoms with Crippen LogP contribution in [0.5, 0.6) is 5.75 Å². The van der Waals surface area contributed by atoms with Crippen molar-refractivity contribution in [3.05, 3.63) is 45.8 Å². The summed E-state index contributed by atoms with van der Waals surface area (Å²) in [5, 5.41) is 3.30. The Balaban J connectivity index is 2.35. The lowest BCUT2D eigenvalue weighted by Crippen LogP contribution is -2.15. The number of esters is 1. The van der Waals surface area contributed by atoms with Crippen molar-refractivity contribution in [2.75, 3.05) is 19.0 Å². The first-order valence-electron chi connectivity index (χ1n) is 7.21. The monoisotopic (exact) mass is 333 g/mol. The average Bonchev–Trinajstić information content (AvgIpc) is 2.81. The Hall–Kier alpha value is -2.34. The first-order valence-corrected chi connectivity index (χ1v) is 8.02. The number of benzene rings is 1. The summed E-state index contributed by atoms with van der Waals surface area (Å²) in [6, 6.07) is 6.94. The molecule has 1 heterocycles. The van der Waals surface area contributed by atoms with E-state index in [1.807, 2.05) is 13.8 Å². The van der Waals surface area contributed by atoms with E-state index in [0.717, 1.165) is 10.4 Å². The van der Waals surface area contributed by atoms with Crippen LogP contribution in [0.4, 0.5) is 5.00 Å². The van der Waals surface area contributed by atoms with E-state index in [2.05, 4.69) is 5.32 Å². The molecule has 0 atom stereocenters. The number of thiophene rings is 1. The molecule has 2 rings (SSSR count). The molecule has 23 heavy (non-hydrogen) atoms. The summed E-state index contributed by atoms with van der Waals surface area (Å²) in [5.74, 6) is -0.272. The number of hydrogen-bond acceptors (Lipinski definition) is 5. The second-order valence-corrected chi connectivity index (χ2v) is 6.09. The molecule has 0 spiro atoms. The maximum Gasteiger partial charge on any atom is 0.341 e. The Bertz CT molecular complexity index is 736. The molecular weight excluding hydrogens is 314 g/mol. The van der Waals surface area contributed by atoms with Gasteiger partial charge in [-0.3, -0.25) is 4.79 Å². The van der Waals surface area contributed by atoms with Gasteiger partial charge in [-0.15, -0.1) is 11.3 Å². The van der Waals surface area contributed by atoms with E-state index < -0.39 is 5.97 Å². The standard InChI is InChI=1S/C17H19NO4S/c1-5-22-17(20)14-10(2)11(3)23-16(14)18-15(19)12-8-6-7-9-13(12)21-4/h6-9H,5H2,1-4H3,(H,18,19). The summed E-state index contributed by atoms with van der Waals surface area (Å²) in [6.45, 7) is 5.78. The molecule has 1 N–H and O–H groups in total. The van der Waals surface area contributed by atoms with Gasteiger partial charge in [0.2, 0.25) is 0 Å². The highest BCUT2D eigenvalue weighted by atomic mass is 32.1. The van der Waals surface area contributed by atoms with Gasteiger partial charge in [-0.1, -0.05) is 12.1 Å².